The van der Waals surface area contributed by atoms with Gasteiger partial charge in [0.15, 0.2) is 5.76 Å². The molecule has 32 heavy (non-hydrogen) atoms. The fourth-order valence-electron chi connectivity index (χ4n) is 4.11. The highest BCUT2D eigenvalue weighted by Crippen LogP contribution is 2.35. The van der Waals surface area contributed by atoms with Crippen LogP contribution in [-0.2, 0) is 11.4 Å². The van der Waals surface area contributed by atoms with Crippen molar-refractivity contribution in [3.05, 3.63) is 75.6 Å². The van der Waals surface area contributed by atoms with Gasteiger partial charge in [0.05, 0.1) is 24.9 Å². The molecule has 0 saturated heterocycles. The van der Waals surface area contributed by atoms with Crippen LogP contribution in [0.3, 0.4) is 0 Å². The molecule has 2 heterocycles. The first-order valence-electron chi connectivity index (χ1n) is 11.0. The van der Waals surface area contributed by atoms with Gasteiger partial charge in [-0.2, -0.15) is 0 Å². The van der Waals surface area contributed by atoms with Crippen molar-refractivity contribution in [2.75, 3.05) is 13.7 Å². The van der Waals surface area contributed by atoms with Gasteiger partial charge in [0.2, 0.25) is 0 Å². The van der Waals surface area contributed by atoms with Crippen molar-refractivity contribution in [1.82, 2.24) is 4.57 Å². The van der Waals surface area contributed by atoms with E-state index in [1.807, 2.05) is 69.3 Å². The molecule has 0 N–H and O–H groups in total. The molecule has 0 radical (unpaired) electrons. The highest BCUT2D eigenvalue weighted by Gasteiger charge is 2.25. The molecule has 166 valence electrons. The van der Waals surface area contributed by atoms with Gasteiger partial charge < -0.3 is 18.9 Å². The van der Waals surface area contributed by atoms with Crippen molar-refractivity contribution in [1.29, 1.82) is 0 Å². The van der Waals surface area contributed by atoms with Crippen LogP contribution in [0, 0.1) is 0 Å². The summed E-state index contributed by atoms with van der Waals surface area (Å²) in [7, 11) is 1.59. The summed E-state index contributed by atoms with van der Waals surface area (Å²) < 4.78 is 13.0. The van der Waals surface area contributed by atoms with E-state index in [2.05, 4.69) is 5.16 Å². The van der Waals surface area contributed by atoms with Gasteiger partial charge >= 0.3 is 0 Å². The smallest absolute Gasteiger partial charge is 0.266 e. The molecule has 2 aromatic carbocycles. The Morgan fingerprint density at radius 2 is 1.81 bits per heavy atom. The third-order valence-electron chi connectivity index (χ3n) is 5.74. The number of allylic oxidation sites excluding steroid dienone is 1. The minimum Gasteiger partial charge on any atom is -0.495 e. The van der Waals surface area contributed by atoms with Crippen LogP contribution in [0.4, 0.5) is 0 Å². The van der Waals surface area contributed by atoms with Crippen molar-refractivity contribution < 1.29 is 14.3 Å². The highest BCUT2D eigenvalue weighted by molar-refractivity contribution is 6.01. The van der Waals surface area contributed by atoms with Gasteiger partial charge in [0, 0.05) is 11.9 Å². The molecule has 1 aliphatic heterocycles. The zero-order valence-electron chi connectivity index (χ0n) is 19.0. The Labute approximate surface area is 187 Å². The third-order valence-corrected chi connectivity index (χ3v) is 5.74. The maximum atomic E-state index is 13.5. The molecular weight excluding hydrogens is 404 g/mol. The van der Waals surface area contributed by atoms with E-state index >= 15 is 0 Å². The zero-order chi connectivity index (χ0) is 22.7. The van der Waals surface area contributed by atoms with E-state index in [4.69, 9.17) is 14.3 Å². The van der Waals surface area contributed by atoms with Crippen molar-refractivity contribution in [2.24, 2.45) is 5.16 Å². The van der Waals surface area contributed by atoms with Gasteiger partial charge in [-0.05, 0) is 81.1 Å². The molecule has 4 rings (SSSR count). The zero-order valence-corrected chi connectivity index (χ0v) is 19.0. The fraction of sp³-hybridized carbons (Fsp3) is 0.308. The number of benzene rings is 2. The van der Waals surface area contributed by atoms with Crippen LogP contribution >= 0.6 is 0 Å². The molecule has 0 saturated carbocycles. The number of fused-ring (bicyclic) bond motifs is 1. The third kappa shape index (κ3) is 3.88. The number of para-hydroxylation sites is 1. The average Bonchev–Trinajstić information content (AvgIpc) is 3.00. The number of methoxy groups -OCH3 is 1. The lowest BCUT2D eigenvalue weighted by Gasteiger charge is -2.17. The Morgan fingerprint density at radius 3 is 2.50 bits per heavy atom. The van der Waals surface area contributed by atoms with Crippen LogP contribution in [0.2, 0.25) is 0 Å². The van der Waals surface area contributed by atoms with Gasteiger partial charge in [-0.25, -0.2) is 0 Å². The summed E-state index contributed by atoms with van der Waals surface area (Å²) in [6, 6.07) is 15.6. The number of rotatable bonds is 6. The Balaban J connectivity index is 1.79. The summed E-state index contributed by atoms with van der Waals surface area (Å²) in [5, 5.41) is 5.31. The number of aromatic nitrogens is 1. The van der Waals surface area contributed by atoms with Gasteiger partial charge in [0.1, 0.15) is 17.1 Å². The number of aryl methyl sites for hydroxylation is 1. The van der Waals surface area contributed by atoms with Crippen LogP contribution < -0.4 is 15.0 Å². The van der Waals surface area contributed by atoms with Crippen LogP contribution in [-0.4, -0.2) is 24.0 Å². The number of ether oxygens (including phenoxy) is 2. The molecule has 6 heteroatoms. The highest BCUT2D eigenvalue weighted by atomic mass is 16.6. The first kappa shape index (κ1) is 21.7. The second kappa shape index (κ2) is 9.30. The average molecular weight is 433 g/mol. The first-order chi connectivity index (χ1) is 15.6. The quantitative estimate of drug-likeness (QED) is 0.525. The van der Waals surface area contributed by atoms with Crippen LogP contribution in [0.15, 0.2) is 64.1 Å². The SMILES string of the molecule is CCOc1ccc(C2=NOC(c3c(OC)c4ccccc4n(CC)c3=O)=C(C)CC2)cc1. The van der Waals surface area contributed by atoms with E-state index in [9.17, 15) is 4.79 Å². The van der Waals surface area contributed by atoms with Crippen LogP contribution in [0.25, 0.3) is 16.7 Å². The number of hydrogen-bond donors (Lipinski definition) is 0. The van der Waals surface area contributed by atoms with Crippen LogP contribution in [0.1, 0.15) is 44.7 Å². The molecule has 0 fully saturated rings. The monoisotopic (exact) mass is 432 g/mol. The Hall–Kier alpha value is -3.54. The van der Waals surface area contributed by atoms with Crippen molar-refractivity contribution in [3.8, 4) is 11.5 Å². The first-order valence-corrected chi connectivity index (χ1v) is 11.0. The Bertz CT molecular complexity index is 1250. The fourth-order valence-corrected chi connectivity index (χ4v) is 4.11. The molecule has 6 nitrogen and oxygen atoms in total. The lowest BCUT2D eigenvalue weighted by molar-refractivity contribution is 0.293. The number of nitrogens with zero attached hydrogens (tertiary/aromatic N) is 2. The summed E-state index contributed by atoms with van der Waals surface area (Å²) in [6.45, 7) is 7.07. The molecule has 0 atom stereocenters. The molecule has 1 aromatic heterocycles. The standard InChI is InChI=1S/C26H28N2O4/c1-5-28-22-10-8-7-9-20(22)25(30-4)23(26(28)29)24-17(3)11-16-21(27-32-24)18-12-14-19(15-13-18)31-6-2/h7-10,12-15H,5-6,11,16H2,1-4H3. The van der Waals surface area contributed by atoms with E-state index in [-0.39, 0.29) is 5.56 Å². The predicted molar refractivity (Wildman–Crippen MR) is 127 cm³/mol. The molecule has 0 aliphatic carbocycles. The number of hydrogen-bond acceptors (Lipinski definition) is 5. The van der Waals surface area contributed by atoms with E-state index in [0.29, 0.717) is 36.6 Å². The minimum atomic E-state index is -0.142. The largest absolute Gasteiger partial charge is 0.495 e. The predicted octanol–water partition coefficient (Wildman–Crippen LogP) is 5.37. The van der Waals surface area contributed by atoms with Gasteiger partial charge in [-0.15, -0.1) is 0 Å². The molecule has 1 aliphatic rings. The van der Waals surface area contributed by atoms with Crippen molar-refractivity contribution >= 4 is 22.4 Å². The molecular formula is C26H28N2O4. The van der Waals surface area contributed by atoms with Gasteiger partial charge in [-0.1, -0.05) is 17.3 Å². The normalized spacial score (nSPS) is 14.1. The maximum Gasteiger partial charge on any atom is 0.266 e. The minimum absolute atomic E-state index is 0.142. The summed E-state index contributed by atoms with van der Waals surface area (Å²) in [5.74, 6) is 1.81. The number of oxime groups is 1. The van der Waals surface area contributed by atoms with E-state index < -0.39 is 0 Å². The van der Waals surface area contributed by atoms with E-state index in [0.717, 1.165) is 39.9 Å². The summed E-state index contributed by atoms with van der Waals surface area (Å²) in [5.41, 5.74) is 3.88. The Kier molecular flexibility index (Phi) is 6.30. The molecule has 0 unspecified atom stereocenters. The lowest BCUT2D eigenvalue weighted by atomic mass is 10.00. The molecule has 0 bridgehead atoms. The summed E-state index contributed by atoms with van der Waals surface area (Å²) in [4.78, 5) is 19.5. The van der Waals surface area contributed by atoms with Crippen LogP contribution in [0.5, 0.6) is 11.5 Å². The van der Waals surface area contributed by atoms with Gasteiger partial charge in [0.25, 0.3) is 5.56 Å². The summed E-state index contributed by atoms with van der Waals surface area (Å²) in [6.07, 6.45) is 1.43. The molecule has 0 spiro atoms. The maximum absolute atomic E-state index is 13.5. The van der Waals surface area contributed by atoms with E-state index in [1.54, 1.807) is 11.7 Å². The van der Waals surface area contributed by atoms with E-state index in [1.165, 1.54) is 0 Å². The lowest BCUT2D eigenvalue weighted by Crippen LogP contribution is -2.24. The molecule has 0 amide bonds. The topological polar surface area (TPSA) is 62.0 Å². The second-order valence-corrected chi connectivity index (χ2v) is 7.67. The summed E-state index contributed by atoms with van der Waals surface area (Å²) >= 11 is 0. The van der Waals surface area contributed by atoms with Gasteiger partial charge in [-0.3, -0.25) is 4.79 Å². The second-order valence-electron chi connectivity index (χ2n) is 7.67. The van der Waals surface area contributed by atoms with Crippen molar-refractivity contribution in [2.45, 2.75) is 40.2 Å². The number of pyridine rings is 1. The van der Waals surface area contributed by atoms with Crippen molar-refractivity contribution in [3.63, 3.8) is 0 Å². The Morgan fingerprint density at radius 1 is 1.06 bits per heavy atom. The molecule has 3 aromatic rings.